The van der Waals surface area contributed by atoms with Crippen LogP contribution < -0.4 is 14.8 Å². The predicted molar refractivity (Wildman–Crippen MR) is 151 cm³/mol. The monoisotopic (exact) mass is 530 g/mol. The van der Waals surface area contributed by atoms with E-state index in [-0.39, 0.29) is 6.03 Å². The van der Waals surface area contributed by atoms with Crippen molar-refractivity contribution in [1.29, 1.82) is 0 Å². The fourth-order valence-corrected chi connectivity index (χ4v) is 4.29. The number of ether oxygens (including phenoxy) is 2. The number of hydrogen-bond acceptors (Lipinski definition) is 5. The number of aryl methyl sites for hydroxylation is 1. The first-order valence-corrected chi connectivity index (χ1v) is 12.9. The minimum absolute atomic E-state index is 0.206. The minimum Gasteiger partial charge on any atom is -0.493 e. The quantitative estimate of drug-likeness (QED) is 0.256. The van der Waals surface area contributed by atoms with Gasteiger partial charge in [-0.2, -0.15) is 0 Å². The maximum Gasteiger partial charge on any atom is 0.349 e. The van der Waals surface area contributed by atoms with Crippen molar-refractivity contribution in [3.05, 3.63) is 83.7 Å². The Bertz CT molecular complexity index is 1450. The topological polar surface area (TPSA) is 106 Å². The van der Waals surface area contributed by atoms with Crippen LogP contribution in [0.1, 0.15) is 42.8 Å². The van der Waals surface area contributed by atoms with E-state index in [1.54, 1.807) is 44.4 Å². The van der Waals surface area contributed by atoms with Crippen molar-refractivity contribution in [2.45, 2.75) is 38.8 Å². The van der Waals surface area contributed by atoms with Gasteiger partial charge in [-0.15, -0.1) is 0 Å². The number of nitrogens with zero attached hydrogens (tertiary/aromatic N) is 3. The van der Waals surface area contributed by atoms with Gasteiger partial charge in [0.2, 0.25) is 6.10 Å². The third kappa shape index (κ3) is 6.49. The number of nitrogens with one attached hydrogen (secondary N) is 1. The minimum atomic E-state index is -1.17. The molecule has 2 N–H and O–H groups in total. The first-order valence-electron chi connectivity index (χ1n) is 12.9. The summed E-state index contributed by atoms with van der Waals surface area (Å²) in [5.74, 6) is 0.646. The van der Waals surface area contributed by atoms with Crippen molar-refractivity contribution >= 4 is 28.7 Å². The molecule has 204 valence electrons. The Labute approximate surface area is 228 Å². The number of amides is 2. The van der Waals surface area contributed by atoms with Crippen LogP contribution in [0.25, 0.3) is 11.0 Å². The lowest BCUT2D eigenvalue weighted by Crippen LogP contribution is -2.27. The van der Waals surface area contributed by atoms with Crippen LogP contribution in [0.4, 0.5) is 10.5 Å². The Morgan fingerprint density at radius 2 is 1.82 bits per heavy atom. The van der Waals surface area contributed by atoms with Gasteiger partial charge < -0.3 is 29.4 Å². The zero-order chi connectivity index (χ0) is 27.9. The number of hydrogen-bond donors (Lipinski definition) is 2. The highest BCUT2D eigenvalue weighted by Crippen LogP contribution is 2.33. The molecule has 0 spiro atoms. The van der Waals surface area contributed by atoms with Crippen molar-refractivity contribution in [3.63, 3.8) is 0 Å². The summed E-state index contributed by atoms with van der Waals surface area (Å²) in [4.78, 5) is 30.5. The van der Waals surface area contributed by atoms with Gasteiger partial charge >= 0.3 is 12.0 Å². The molecule has 0 saturated heterocycles. The Balaban J connectivity index is 1.66. The third-order valence-corrected chi connectivity index (χ3v) is 6.38. The second kappa shape index (κ2) is 12.3. The fourth-order valence-electron chi connectivity index (χ4n) is 4.29. The number of urea groups is 1. The average molecular weight is 531 g/mol. The highest BCUT2D eigenvalue weighted by molar-refractivity contribution is 5.91. The van der Waals surface area contributed by atoms with E-state index in [9.17, 15) is 14.7 Å². The fraction of sp³-hybridized carbons (Fsp3) is 0.300. The SMILES string of the molecule is CCCCc1nc2ccc(NC(=O)N(C)C)cc2n1Cc1ccc(OC(C(=O)O)c2ccccc2)c(OC)c1. The van der Waals surface area contributed by atoms with Gasteiger partial charge in [-0.05, 0) is 42.3 Å². The second-order valence-corrected chi connectivity index (χ2v) is 9.48. The summed E-state index contributed by atoms with van der Waals surface area (Å²) in [5, 5.41) is 12.7. The summed E-state index contributed by atoms with van der Waals surface area (Å²) in [6, 6.07) is 19.8. The maximum atomic E-state index is 12.2. The molecular weight excluding hydrogens is 496 g/mol. The highest BCUT2D eigenvalue weighted by Gasteiger charge is 2.23. The molecule has 0 aliphatic heterocycles. The van der Waals surface area contributed by atoms with Gasteiger partial charge in [-0.3, -0.25) is 0 Å². The molecule has 3 aromatic carbocycles. The van der Waals surface area contributed by atoms with Crippen molar-refractivity contribution in [3.8, 4) is 11.5 Å². The molecule has 1 aromatic heterocycles. The van der Waals surface area contributed by atoms with Crippen LogP contribution in [-0.4, -0.2) is 52.8 Å². The van der Waals surface area contributed by atoms with Gasteiger partial charge in [0.25, 0.3) is 0 Å². The number of aromatic nitrogens is 2. The highest BCUT2D eigenvalue weighted by atomic mass is 16.5. The Hall–Kier alpha value is -4.53. The molecule has 0 bridgehead atoms. The Morgan fingerprint density at radius 1 is 1.05 bits per heavy atom. The number of carboxylic acids is 1. The first-order chi connectivity index (χ1) is 18.8. The lowest BCUT2D eigenvalue weighted by Gasteiger charge is -2.18. The molecule has 0 radical (unpaired) electrons. The third-order valence-electron chi connectivity index (χ3n) is 6.38. The molecule has 0 fully saturated rings. The van der Waals surface area contributed by atoms with Crippen molar-refractivity contribution < 1.29 is 24.2 Å². The van der Waals surface area contributed by atoms with E-state index in [1.807, 2.05) is 36.4 Å². The van der Waals surface area contributed by atoms with Crippen LogP contribution in [-0.2, 0) is 17.8 Å². The van der Waals surface area contributed by atoms with E-state index in [0.717, 1.165) is 41.7 Å². The molecule has 39 heavy (non-hydrogen) atoms. The number of fused-ring (bicyclic) bond motifs is 1. The van der Waals surface area contributed by atoms with E-state index in [1.165, 1.54) is 12.0 Å². The van der Waals surface area contributed by atoms with E-state index < -0.39 is 12.1 Å². The molecular formula is C30H34N4O5. The average Bonchev–Trinajstić information content (AvgIpc) is 3.27. The number of imidazole rings is 1. The van der Waals surface area contributed by atoms with Crippen LogP contribution in [0.5, 0.6) is 11.5 Å². The predicted octanol–water partition coefficient (Wildman–Crippen LogP) is 5.73. The summed E-state index contributed by atoms with van der Waals surface area (Å²) in [7, 11) is 4.92. The standard InChI is InChI=1S/C30H34N4O5/c1-5-6-12-27-32-23-15-14-22(31-30(37)33(2)3)18-24(23)34(27)19-20-13-16-25(26(17-20)38-4)39-28(29(35)36)21-10-8-7-9-11-21/h7-11,13-18,28H,5-6,12,19H2,1-4H3,(H,31,37)(H,35,36). The van der Waals surface area contributed by atoms with E-state index in [4.69, 9.17) is 14.5 Å². The smallest absolute Gasteiger partial charge is 0.349 e. The molecule has 4 rings (SSSR count). The van der Waals surface area contributed by atoms with Crippen LogP contribution in [0.3, 0.4) is 0 Å². The van der Waals surface area contributed by atoms with Crippen LogP contribution in [0, 0.1) is 0 Å². The van der Waals surface area contributed by atoms with Gasteiger partial charge in [-0.1, -0.05) is 49.7 Å². The van der Waals surface area contributed by atoms with Crippen molar-refractivity contribution in [2.24, 2.45) is 0 Å². The number of benzene rings is 3. The first kappa shape index (κ1) is 27.5. The van der Waals surface area contributed by atoms with Crippen LogP contribution in [0.15, 0.2) is 66.7 Å². The number of rotatable bonds is 11. The summed E-state index contributed by atoms with van der Waals surface area (Å²) < 4.78 is 13.6. The zero-order valence-corrected chi connectivity index (χ0v) is 22.7. The zero-order valence-electron chi connectivity index (χ0n) is 22.7. The number of methoxy groups -OCH3 is 1. The number of carbonyl (C=O) groups excluding carboxylic acids is 1. The molecule has 1 heterocycles. The molecule has 0 aliphatic rings. The number of carboxylic acid groups (broad SMARTS) is 1. The molecule has 4 aromatic rings. The van der Waals surface area contributed by atoms with E-state index in [0.29, 0.717) is 29.3 Å². The molecule has 2 amide bonds. The van der Waals surface area contributed by atoms with Gasteiger partial charge in [0.1, 0.15) is 5.82 Å². The van der Waals surface area contributed by atoms with E-state index in [2.05, 4.69) is 16.8 Å². The van der Waals surface area contributed by atoms with Crippen LogP contribution in [0.2, 0.25) is 0 Å². The molecule has 0 saturated carbocycles. The molecule has 9 nitrogen and oxygen atoms in total. The Morgan fingerprint density at radius 3 is 2.49 bits per heavy atom. The summed E-state index contributed by atoms with van der Waals surface area (Å²) in [6.07, 6.45) is 1.69. The summed E-state index contributed by atoms with van der Waals surface area (Å²) in [6.45, 7) is 2.66. The lowest BCUT2D eigenvalue weighted by atomic mass is 10.1. The van der Waals surface area contributed by atoms with Crippen molar-refractivity contribution in [1.82, 2.24) is 14.5 Å². The molecule has 9 heteroatoms. The lowest BCUT2D eigenvalue weighted by molar-refractivity contribution is -0.145. The number of aliphatic carboxylic acids is 1. The largest absolute Gasteiger partial charge is 0.493 e. The number of anilines is 1. The molecule has 1 atom stereocenters. The van der Waals surface area contributed by atoms with Gasteiger partial charge in [-0.25, -0.2) is 14.6 Å². The van der Waals surface area contributed by atoms with Crippen molar-refractivity contribution in [2.75, 3.05) is 26.5 Å². The van der Waals surface area contributed by atoms with Gasteiger partial charge in [0.15, 0.2) is 11.5 Å². The summed E-state index contributed by atoms with van der Waals surface area (Å²) >= 11 is 0. The molecule has 1 unspecified atom stereocenters. The maximum absolute atomic E-state index is 12.2. The molecule has 0 aliphatic carbocycles. The van der Waals surface area contributed by atoms with Gasteiger partial charge in [0.05, 0.1) is 18.1 Å². The summed E-state index contributed by atoms with van der Waals surface area (Å²) in [5.41, 5.74) is 3.92. The van der Waals surface area contributed by atoms with Gasteiger partial charge in [0, 0.05) is 38.3 Å². The number of unbranched alkanes of at least 4 members (excludes halogenated alkanes) is 1. The second-order valence-electron chi connectivity index (χ2n) is 9.48. The van der Waals surface area contributed by atoms with Crippen LogP contribution >= 0.6 is 0 Å². The normalized spacial score (nSPS) is 11.7. The van der Waals surface area contributed by atoms with E-state index >= 15 is 0 Å². The Kier molecular flexibility index (Phi) is 8.70. The number of carbonyl (C=O) groups is 2.